The molecule has 1 heterocycles. The smallest absolute Gasteiger partial charge is 0.255 e. The topological polar surface area (TPSA) is 126 Å². The lowest BCUT2D eigenvalue weighted by Gasteiger charge is -2.28. The van der Waals surface area contributed by atoms with Crippen molar-refractivity contribution in [3.05, 3.63) is 47.5 Å². The van der Waals surface area contributed by atoms with Crippen molar-refractivity contribution in [2.75, 3.05) is 50.6 Å². The summed E-state index contributed by atoms with van der Waals surface area (Å²) < 4.78 is 10.7. The Hall–Kier alpha value is -3.79. The molecule has 2 aromatic rings. The third kappa shape index (κ3) is 7.41. The molecule has 10 nitrogen and oxygen atoms in total. The number of benzene rings is 2. The van der Waals surface area contributed by atoms with E-state index in [2.05, 4.69) is 15.5 Å². The molecule has 3 aliphatic rings. The Morgan fingerprint density at radius 2 is 1.47 bits per heavy atom. The highest BCUT2D eigenvalue weighted by atomic mass is 16.5. The van der Waals surface area contributed by atoms with E-state index >= 15 is 0 Å². The van der Waals surface area contributed by atoms with E-state index < -0.39 is 0 Å². The molecule has 10 heteroatoms. The van der Waals surface area contributed by atoms with Gasteiger partial charge in [-0.2, -0.15) is 0 Å². The van der Waals surface area contributed by atoms with Gasteiger partial charge in [0.2, 0.25) is 5.91 Å². The van der Waals surface area contributed by atoms with Crippen LogP contribution in [-0.2, 0) is 4.79 Å². The number of ether oxygens (including phenoxy) is 2. The summed E-state index contributed by atoms with van der Waals surface area (Å²) in [5, 5.41) is 6.22. The monoisotopic (exact) mass is 591 g/mol. The maximum Gasteiger partial charge on any atom is 0.255 e. The fourth-order valence-corrected chi connectivity index (χ4v) is 6.57. The van der Waals surface area contributed by atoms with E-state index in [0.717, 1.165) is 76.6 Å². The number of rotatable bonds is 8. The molecule has 4 N–H and O–H groups in total. The van der Waals surface area contributed by atoms with Gasteiger partial charge in [-0.15, -0.1) is 0 Å². The van der Waals surface area contributed by atoms with Gasteiger partial charge in [0.05, 0.1) is 25.6 Å². The van der Waals surface area contributed by atoms with Crippen LogP contribution in [0.4, 0.5) is 11.4 Å². The Morgan fingerprint density at radius 3 is 2.19 bits per heavy atom. The molecule has 1 aliphatic heterocycles. The summed E-state index contributed by atoms with van der Waals surface area (Å²) in [6.07, 6.45) is 8.58. The Balaban J connectivity index is 1.37. The summed E-state index contributed by atoms with van der Waals surface area (Å²) in [7, 11) is 3.07. The van der Waals surface area contributed by atoms with Gasteiger partial charge in [-0.1, -0.05) is 12.8 Å². The molecular weight excluding hydrogens is 546 g/mol. The van der Waals surface area contributed by atoms with Crippen LogP contribution in [0.25, 0.3) is 0 Å². The lowest BCUT2D eigenvalue weighted by Crippen LogP contribution is -2.40. The second-order valence-electron chi connectivity index (χ2n) is 12.0. The quantitative estimate of drug-likeness (QED) is 0.420. The SMILES string of the molecule is COc1ccc(C(=O)Nc2cc(C(=O)NC3CCC(N)CC3)ccc2N2CCCN(C(=O)C3CCCC3)CC2)cc1OC. The first kappa shape index (κ1) is 30.7. The van der Waals surface area contributed by atoms with Gasteiger partial charge in [0.25, 0.3) is 11.8 Å². The van der Waals surface area contributed by atoms with Gasteiger partial charge in [-0.25, -0.2) is 0 Å². The number of carbonyl (C=O) groups excluding carboxylic acids is 3. The summed E-state index contributed by atoms with van der Waals surface area (Å²) in [6.45, 7) is 2.74. The van der Waals surface area contributed by atoms with Crippen LogP contribution >= 0.6 is 0 Å². The number of hydrogen-bond donors (Lipinski definition) is 3. The molecule has 0 unspecified atom stereocenters. The molecule has 3 fully saturated rings. The van der Waals surface area contributed by atoms with Crippen LogP contribution < -0.4 is 30.7 Å². The second kappa shape index (κ2) is 14.1. The molecule has 2 aliphatic carbocycles. The number of anilines is 2. The zero-order valence-corrected chi connectivity index (χ0v) is 25.4. The highest BCUT2D eigenvalue weighted by Gasteiger charge is 2.29. The second-order valence-corrected chi connectivity index (χ2v) is 12.0. The maximum atomic E-state index is 13.5. The fourth-order valence-electron chi connectivity index (χ4n) is 6.57. The molecule has 232 valence electrons. The van der Waals surface area contributed by atoms with Gasteiger partial charge in [0.15, 0.2) is 11.5 Å². The van der Waals surface area contributed by atoms with Crippen molar-refractivity contribution >= 4 is 29.1 Å². The van der Waals surface area contributed by atoms with Crippen molar-refractivity contribution < 1.29 is 23.9 Å². The van der Waals surface area contributed by atoms with Crippen molar-refractivity contribution in [1.29, 1.82) is 0 Å². The van der Waals surface area contributed by atoms with Crippen molar-refractivity contribution in [3.8, 4) is 11.5 Å². The molecule has 2 saturated carbocycles. The van der Waals surface area contributed by atoms with E-state index in [1.165, 1.54) is 7.11 Å². The van der Waals surface area contributed by atoms with Crippen LogP contribution in [0.3, 0.4) is 0 Å². The van der Waals surface area contributed by atoms with E-state index in [1.54, 1.807) is 31.4 Å². The van der Waals surface area contributed by atoms with Crippen LogP contribution in [-0.4, -0.2) is 75.1 Å². The van der Waals surface area contributed by atoms with Gasteiger partial charge < -0.3 is 35.6 Å². The van der Waals surface area contributed by atoms with E-state index in [1.807, 2.05) is 17.0 Å². The van der Waals surface area contributed by atoms with E-state index in [4.69, 9.17) is 15.2 Å². The molecule has 43 heavy (non-hydrogen) atoms. The molecule has 5 rings (SSSR count). The van der Waals surface area contributed by atoms with Crippen molar-refractivity contribution in [3.63, 3.8) is 0 Å². The van der Waals surface area contributed by atoms with E-state index in [0.29, 0.717) is 41.4 Å². The number of amides is 3. The van der Waals surface area contributed by atoms with Crippen LogP contribution in [0.2, 0.25) is 0 Å². The van der Waals surface area contributed by atoms with Gasteiger partial charge in [0, 0.05) is 55.3 Å². The van der Waals surface area contributed by atoms with Crippen molar-refractivity contribution in [1.82, 2.24) is 10.2 Å². The molecule has 1 saturated heterocycles. The summed E-state index contributed by atoms with van der Waals surface area (Å²) >= 11 is 0. The molecule has 0 aromatic heterocycles. The minimum atomic E-state index is -0.325. The van der Waals surface area contributed by atoms with Crippen molar-refractivity contribution in [2.24, 2.45) is 11.7 Å². The average molecular weight is 592 g/mol. The number of carbonyl (C=O) groups is 3. The van der Waals surface area contributed by atoms with E-state index in [-0.39, 0.29) is 35.7 Å². The minimum absolute atomic E-state index is 0.0887. The lowest BCUT2D eigenvalue weighted by molar-refractivity contribution is -0.135. The lowest BCUT2D eigenvalue weighted by atomic mass is 9.91. The average Bonchev–Trinajstić information content (AvgIpc) is 3.46. The number of nitrogens with zero attached hydrogens (tertiary/aromatic N) is 2. The van der Waals surface area contributed by atoms with Crippen LogP contribution in [0.1, 0.15) is 78.5 Å². The highest BCUT2D eigenvalue weighted by Crippen LogP contribution is 2.32. The Morgan fingerprint density at radius 1 is 0.767 bits per heavy atom. The highest BCUT2D eigenvalue weighted by molar-refractivity contribution is 6.07. The predicted molar refractivity (Wildman–Crippen MR) is 167 cm³/mol. The summed E-state index contributed by atoms with van der Waals surface area (Å²) in [4.78, 5) is 44.2. The molecule has 0 spiro atoms. The van der Waals surface area contributed by atoms with Gasteiger partial charge in [-0.3, -0.25) is 14.4 Å². The van der Waals surface area contributed by atoms with Gasteiger partial charge in [0.1, 0.15) is 0 Å². The standard InChI is InChI=1S/C33H45N5O5/c1-42-29-15-9-24(21-30(29)43-2)32(40)36-27-20-23(31(39)35-26-12-10-25(34)11-13-26)8-14-28(27)37-16-5-17-38(19-18-37)33(41)22-6-3-4-7-22/h8-9,14-15,20-22,25-26H,3-7,10-13,16-19,34H2,1-2H3,(H,35,39)(H,36,40). The third-order valence-electron chi connectivity index (χ3n) is 9.11. The van der Waals surface area contributed by atoms with Crippen LogP contribution in [0.5, 0.6) is 11.5 Å². The Kier molecular flexibility index (Phi) is 10.1. The van der Waals surface area contributed by atoms with Gasteiger partial charge in [-0.05, 0) is 81.3 Å². The predicted octanol–water partition coefficient (Wildman–Crippen LogP) is 4.18. The maximum absolute atomic E-state index is 13.5. The molecule has 0 radical (unpaired) electrons. The van der Waals surface area contributed by atoms with E-state index in [9.17, 15) is 14.4 Å². The third-order valence-corrected chi connectivity index (χ3v) is 9.11. The molecular formula is C33H45N5O5. The molecule has 3 amide bonds. The summed E-state index contributed by atoms with van der Waals surface area (Å²) in [5.74, 6) is 0.919. The number of nitrogens with one attached hydrogen (secondary N) is 2. The number of hydrogen-bond acceptors (Lipinski definition) is 7. The minimum Gasteiger partial charge on any atom is -0.493 e. The largest absolute Gasteiger partial charge is 0.493 e. The normalized spacial score (nSPS) is 21.2. The summed E-state index contributed by atoms with van der Waals surface area (Å²) in [6, 6.07) is 10.8. The number of nitrogens with two attached hydrogens (primary N) is 1. The zero-order valence-electron chi connectivity index (χ0n) is 25.4. The van der Waals surface area contributed by atoms with Crippen LogP contribution in [0, 0.1) is 5.92 Å². The summed E-state index contributed by atoms with van der Waals surface area (Å²) in [5.41, 5.74) is 8.31. The first-order valence-electron chi connectivity index (χ1n) is 15.6. The first-order valence-corrected chi connectivity index (χ1v) is 15.6. The molecule has 0 atom stereocenters. The zero-order chi connectivity index (χ0) is 30.3. The Bertz CT molecular complexity index is 1300. The van der Waals surface area contributed by atoms with Crippen molar-refractivity contribution in [2.45, 2.75) is 69.9 Å². The fraction of sp³-hybridized carbons (Fsp3) is 0.545. The molecule has 2 aromatic carbocycles. The van der Waals surface area contributed by atoms with Crippen LogP contribution in [0.15, 0.2) is 36.4 Å². The Labute approximate surface area is 254 Å². The molecule has 0 bridgehead atoms. The van der Waals surface area contributed by atoms with Gasteiger partial charge >= 0.3 is 0 Å². The number of methoxy groups -OCH3 is 2. The first-order chi connectivity index (χ1) is 20.9.